The lowest BCUT2D eigenvalue weighted by Gasteiger charge is -2.34. The number of benzene rings is 1. The van der Waals surface area contributed by atoms with E-state index in [0.29, 0.717) is 5.56 Å². The van der Waals surface area contributed by atoms with Crippen molar-refractivity contribution in [1.82, 2.24) is 9.88 Å². The zero-order valence-electron chi connectivity index (χ0n) is 10.9. The highest BCUT2D eigenvalue weighted by Crippen LogP contribution is 2.21. The SMILES string of the molecule is CN(C(=O)c1cccc2[nH]ccc12)C(C)(C)CO. The van der Waals surface area contributed by atoms with E-state index < -0.39 is 5.54 Å². The smallest absolute Gasteiger partial charge is 0.254 e. The summed E-state index contributed by atoms with van der Waals surface area (Å²) in [7, 11) is 1.71. The zero-order valence-corrected chi connectivity index (χ0v) is 10.9. The minimum atomic E-state index is -0.574. The quantitative estimate of drug-likeness (QED) is 0.870. The van der Waals surface area contributed by atoms with Crippen LogP contribution >= 0.6 is 0 Å². The van der Waals surface area contributed by atoms with E-state index in [1.807, 2.05) is 44.3 Å². The molecule has 0 bridgehead atoms. The number of rotatable bonds is 3. The molecule has 2 N–H and O–H groups in total. The van der Waals surface area contributed by atoms with Crippen LogP contribution in [0.1, 0.15) is 24.2 Å². The van der Waals surface area contributed by atoms with E-state index >= 15 is 0 Å². The number of carbonyl (C=O) groups is 1. The molecular formula is C14H18N2O2. The van der Waals surface area contributed by atoms with Gasteiger partial charge in [0.25, 0.3) is 5.91 Å². The van der Waals surface area contributed by atoms with Crippen molar-refractivity contribution in [2.24, 2.45) is 0 Å². The molecule has 0 radical (unpaired) electrons. The van der Waals surface area contributed by atoms with E-state index in [-0.39, 0.29) is 12.5 Å². The Morgan fingerprint density at radius 3 is 2.78 bits per heavy atom. The van der Waals surface area contributed by atoms with E-state index in [4.69, 9.17) is 0 Å². The zero-order chi connectivity index (χ0) is 13.3. The van der Waals surface area contributed by atoms with Crippen LogP contribution in [0, 0.1) is 0 Å². The summed E-state index contributed by atoms with van der Waals surface area (Å²) < 4.78 is 0. The van der Waals surface area contributed by atoms with Crippen LogP contribution in [0.5, 0.6) is 0 Å². The number of hydrogen-bond donors (Lipinski definition) is 2. The topological polar surface area (TPSA) is 56.3 Å². The molecule has 1 amide bonds. The Bertz CT molecular complexity index is 572. The van der Waals surface area contributed by atoms with Crippen LogP contribution < -0.4 is 0 Å². The molecule has 0 aliphatic carbocycles. The largest absolute Gasteiger partial charge is 0.394 e. The summed E-state index contributed by atoms with van der Waals surface area (Å²) in [4.78, 5) is 17.1. The number of fused-ring (bicyclic) bond motifs is 1. The van der Waals surface area contributed by atoms with E-state index in [2.05, 4.69) is 4.98 Å². The van der Waals surface area contributed by atoms with E-state index in [9.17, 15) is 9.90 Å². The number of likely N-dealkylation sites (N-methyl/N-ethyl adjacent to an activating group) is 1. The van der Waals surface area contributed by atoms with Gasteiger partial charge in [0, 0.05) is 29.7 Å². The second kappa shape index (κ2) is 4.46. The number of amides is 1. The lowest BCUT2D eigenvalue weighted by molar-refractivity contribution is 0.0475. The number of aromatic nitrogens is 1. The van der Waals surface area contributed by atoms with Gasteiger partial charge in [-0.2, -0.15) is 0 Å². The standard InChI is InChI=1S/C14H18N2O2/c1-14(2,9-17)16(3)13(18)11-5-4-6-12-10(11)7-8-15-12/h4-8,15,17H,9H2,1-3H3. The van der Waals surface area contributed by atoms with E-state index in [1.165, 1.54) is 0 Å². The summed E-state index contributed by atoms with van der Waals surface area (Å²) in [6, 6.07) is 7.49. The summed E-state index contributed by atoms with van der Waals surface area (Å²) in [5.74, 6) is -0.0840. The normalized spacial score (nSPS) is 11.8. The molecule has 96 valence electrons. The van der Waals surface area contributed by atoms with E-state index in [0.717, 1.165) is 10.9 Å². The molecule has 2 rings (SSSR count). The maximum absolute atomic E-state index is 12.5. The fraction of sp³-hybridized carbons (Fsp3) is 0.357. The Labute approximate surface area is 106 Å². The summed E-state index contributed by atoms with van der Waals surface area (Å²) in [5.41, 5.74) is 1.02. The van der Waals surface area contributed by atoms with Crippen LogP contribution in [0.25, 0.3) is 10.9 Å². The second-order valence-electron chi connectivity index (χ2n) is 5.08. The van der Waals surface area contributed by atoms with Crippen molar-refractivity contribution in [3.05, 3.63) is 36.0 Å². The fourth-order valence-corrected chi connectivity index (χ4v) is 1.83. The first-order valence-corrected chi connectivity index (χ1v) is 5.92. The Morgan fingerprint density at radius 1 is 1.39 bits per heavy atom. The molecule has 4 nitrogen and oxygen atoms in total. The third-order valence-corrected chi connectivity index (χ3v) is 3.42. The lowest BCUT2D eigenvalue weighted by atomic mass is 10.0. The number of H-pyrrole nitrogens is 1. The van der Waals surface area contributed by atoms with Gasteiger partial charge in [0.15, 0.2) is 0 Å². The first-order chi connectivity index (χ1) is 8.47. The van der Waals surface area contributed by atoms with Gasteiger partial charge in [-0.15, -0.1) is 0 Å². The van der Waals surface area contributed by atoms with Gasteiger partial charge in [0.1, 0.15) is 0 Å². The van der Waals surface area contributed by atoms with Gasteiger partial charge in [-0.3, -0.25) is 4.79 Å². The van der Waals surface area contributed by atoms with Gasteiger partial charge in [-0.1, -0.05) is 6.07 Å². The van der Waals surface area contributed by atoms with Crippen molar-refractivity contribution < 1.29 is 9.90 Å². The van der Waals surface area contributed by atoms with Gasteiger partial charge in [-0.25, -0.2) is 0 Å². The van der Waals surface area contributed by atoms with Crippen molar-refractivity contribution in [2.45, 2.75) is 19.4 Å². The maximum atomic E-state index is 12.5. The van der Waals surface area contributed by atoms with Crippen molar-refractivity contribution in [3.63, 3.8) is 0 Å². The molecule has 0 spiro atoms. The third-order valence-electron chi connectivity index (χ3n) is 3.42. The van der Waals surface area contributed by atoms with Crippen LogP contribution in [-0.2, 0) is 0 Å². The predicted octanol–water partition coefficient (Wildman–Crippen LogP) is 2.01. The minimum absolute atomic E-state index is 0.0711. The van der Waals surface area contributed by atoms with Gasteiger partial charge in [0.2, 0.25) is 0 Å². The van der Waals surface area contributed by atoms with Crippen molar-refractivity contribution in [1.29, 1.82) is 0 Å². The molecule has 0 fully saturated rings. The Balaban J connectivity index is 2.43. The van der Waals surface area contributed by atoms with Crippen molar-refractivity contribution in [2.75, 3.05) is 13.7 Å². The Hall–Kier alpha value is -1.81. The van der Waals surface area contributed by atoms with Crippen LogP contribution in [0.3, 0.4) is 0 Å². The number of carbonyl (C=O) groups excluding carboxylic acids is 1. The molecule has 18 heavy (non-hydrogen) atoms. The first-order valence-electron chi connectivity index (χ1n) is 5.92. The number of aliphatic hydroxyl groups excluding tert-OH is 1. The molecule has 2 aromatic rings. The van der Waals surface area contributed by atoms with Gasteiger partial charge in [-0.05, 0) is 32.0 Å². The summed E-state index contributed by atoms with van der Waals surface area (Å²) in [6.07, 6.45) is 1.82. The summed E-state index contributed by atoms with van der Waals surface area (Å²) >= 11 is 0. The third kappa shape index (κ3) is 1.99. The van der Waals surface area contributed by atoms with Crippen molar-refractivity contribution in [3.8, 4) is 0 Å². The van der Waals surface area contributed by atoms with E-state index in [1.54, 1.807) is 11.9 Å². The predicted molar refractivity (Wildman–Crippen MR) is 71.6 cm³/mol. The molecule has 1 aromatic carbocycles. The average molecular weight is 246 g/mol. The average Bonchev–Trinajstić information content (AvgIpc) is 2.84. The number of aliphatic hydroxyl groups is 1. The molecule has 0 aliphatic heterocycles. The van der Waals surface area contributed by atoms with Gasteiger partial charge >= 0.3 is 0 Å². The maximum Gasteiger partial charge on any atom is 0.254 e. The van der Waals surface area contributed by atoms with Crippen LogP contribution in [0.15, 0.2) is 30.5 Å². The first kappa shape index (κ1) is 12.6. The Morgan fingerprint density at radius 2 is 2.11 bits per heavy atom. The molecule has 0 aliphatic rings. The highest BCUT2D eigenvalue weighted by molar-refractivity contribution is 6.06. The number of nitrogens with zero attached hydrogens (tertiary/aromatic N) is 1. The molecule has 4 heteroatoms. The van der Waals surface area contributed by atoms with Crippen LogP contribution in [0.2, 0.25) is 0 Å². The molecular weight excluding hydrogens is 228 g/mol. The molecule has 0 atom stereocenters. The van der Waals surface area contributed by atoms with Gasteiger partial charge in [0.05, 0.1) is 12.1 Å². The van der Waals surface area contributed by atoms with Crippen molar-refractivity contribution >= 4 is 16.8 Å². The van der Waals surface area contributed by atoms with Crippen LogP contribution in [-0.4, -0.2) is 40.1 Å². The highest BCUT2D eigenvalue weighted by atomic mass is 16.3. The molecule has 0 saturated heterocycles. The second-order valence-corrected chi connectivity index (χ2v) is 5.08. The molecule has 0 saturated carbocycles. The number of aromatic amines is 1. The minimum Gasteiger partial charge on any atom is -0.394 e. The summed E-state index contributed by atoms with van der Waals surface area (Å²) in [5, 5.41) is 10.2. The molecule has 0 unspecified atom stereocenters. The fourth-order valence-electron chi connectivity index (χ4n) is 1.83. The number of nitrogens with one attached hydrogen (secondary N) is 1. The lowest BCUT2D eigenvalue weighted by Crippen LogP contribution is -2.47. The van der Waals surface area contributed by atoms with Crippen LogP contribution in [0.4, 0.5) is 0 Å². The molecule has 1 aromatic heterocycles. The highest BCUT2D eigenvalue weighted by Gasteiger charge is 2.28. The summed E-state index contributed by atoms with van der Waals surface area (Å²) in [6.45, 7) is 3.60. The Kier molecular flexibility index (Phi) is 3.13. The van der Waals surface area contributed by atoms with Gasteiger partial charge < -0.3 is 15.0 Å². The number of hydrogen-bond acceptors (Lipinski definition) is 2. The monoisotopic (exact) mass is 246 g/mol. The molecule has 1 heterocycles.